The summed E-state index contributed by atoms with van der Waals surface area (Å²) in [7, 11) is 0. The van der Waals surface area contributed by atoms with Crippen molar-refractivity contribution >= 4 is 5.78 Å². The second-order valence-electron chi connectivity index (χ2n) is 18.8. The van der Waals surface area contributed by atoms with Gasteiger partial charge in [-0.2, -0.15) is 0 Å². The Kier molecular flexibility index (Phi) is 41.5. The van der Waals surface area contributed by atoms with Gasteiger partial charge in [0.05, 0.1) is 6.10 Å². The van der Waals surface area contributed by atoms with Crippen LogP contribution >= 0.6 is 0 Å². The highest BCUT2D eigenvalue weighted by molar-refractivity contribution is 5.86. The highest BCUT2D eigenvalue weighted by Crippen LogP contribution is 2.29. The first-order valence-electron chi connectivity index (χ1n) is 25.2. The lowest BCUT2D eigenvalue weighted by Crippen LogP contribution is -2.36. The standard InChI is InChI=1S/C52H102O2/c1-6-8-10-12-14-16-18-20-22-24-26-27-28-30-32-34-36-38-40-42-44-46-48-50(53)49(51(54)52(3,4)5)47-45-43-41-39-37-35-33-31-29-25-23-21-19-17-15-13-11-9-7-2/h10,12,49-50,53H,6-9,11,13-48H2,1-5H3/b12-10+. The summed E-state index contributed by atoms with van der Waals surface area (Å²) in [6.07, 6.45) is 59.3. The van der Waals surface area contributed by atoms with E-state index in [0.717, 1.165) is 25.7 Å². The Morgan fingerprint density at radius 3 is 0.981 bits per heavy atom. The van der Waals surface area contributed by atoms with E-state index in [0.29, 0.717) is 0 Å². The Morgan fingerprint density at radius 2 is 0.667 bits per heavy atom. The summed E-state index contributed by atoms with van der Waals surface area (Å²) in [5, 5.41) is 11.1. The average molecular weight is 759 g/mol. The fourth-order valence-electron chi connectivity index (χ4n) is 8.37. The number of hydrogen-bond acceptors (Lipinski definition) is 2. The lowest BCUT2D eigenvalue weighted by Gasteiger charge is -2.28. The van der Waals surface area contributed by atoms with E-state index >= 15 is 0 Å². The second-order valence-corrected chi connectivity index (χ2v) is 18.8. The van der Waals surface area contributed by atoms with Gasteiger partial charge in [0.15, 0.2) is 0 Å². The molecule has 0 amide bonds. The van der Waals surface area contributed by atoms with Gasteiger partial charge in [0.25, 0.3) is 0 Å². The largest absolute Gasteiger partial charge is 0.392 e. The van der Waals surface area contributed by atoms with Crippen LogP contribution in [0.25, 0.3) is 0 Å². The van der Waals surface area contributed by atoms with Crippen LogP contribution in [-0.4, -0.2) is 17.0 Å². The molecule has 0 saturated heterocycles. The Labute approximate surface area is 342 Å². The smallest absolute Gasteiger partial charge is 0.143 e. The quantitative estimate of drug-likeness (QED) is 0.0496. The van der Waals surface area contributed by atoms with Gasteiger partial charge in [-0.3, -0.25) is 4.79 Å². The Hall–Kier alpha value is -0.630. The van der Waals surface area contributed by atoms with Gasteiger partial charge in [0.1, 0.15) is 5.78 Å². The van der Waals surface area contributed by atoms with Crippen molar-refractivity contribution in [3.8, 4) is 0 Å². The molecule has 54 heavy (non-hydrogen) atoms. The van der Waals surface area contributed by atoms with Gasteiger partial charge in [-0.15, -0.1) is 0 Å². The number of hydrogen-bond donors (Lipinski definition) is 1. The number of aliphatic hydroxyl groups excluding tert-OH is 1. The number of rotatable bonds is 44. The number of allylic oxidation sites excluding steroid dienone is 2. The minimum Gasteiger partial charge on any atom is -0.392 e. The van der Waals surface area contributed by atoms with Crippen molar-refractivity contribution in [2.45, 2.75) is 304 Å². The highest BCUT2D eigenvalue weighted by atomic mass is 16.3. The van der Waals surface area contributed by atoms with Crippen molar-refractivity contribution in [2.24, 2.45) is 11.3 Å². The van der Waals surface area contributed by atoms with Crippen LogP contribution in [0, 0.1) is 11.3 Å². The number of ketones is 1. The van der Waals surface area contributed by atoms with Gasteiger partial charge in [-0.05, 0) is 32.1 Å². The van der Waals surface area contributed by atoms with Gasteiger partial charge < -0.3 is 5.11 Å². The second kappa shape index (κ2) is 42.0. The van der Waals surface area contributed by atoms with E-state index in [1.165, 1.54) is 238 Å². The van der Waals surface area contributed by atoms with E-state index in [-0.39, 0.29) is 17.1 Å². The Bertz CT molecular complexity index is 763. The van der Waals surface area contributed by atoms with Crippen LogP contribution < -0.4 is 0 Å². The van der Waals surface area contributed by atoms with Crippen LogP contribution in [0.5, 0.6) is 0 Å². The molecule has 0 rings (SSSR count). The molecule has 2 unspecified atom stereocenters. The molecule has 0 aliphatic heterocycles. The van der Waals surface area contributed by atoms with Gasteiger partial charge in [0, 0.05) is 11.3 Å². The minimum atomic E-state index is -0.463. The lowest BCUT2D eigenvalue weighted by atomic mass is 9.77. The molecule has 322 valence electrons. The third kappa shape index (κ3) is 38.3. The van der Waals surface area contributed by atoms with Gasteiger partial charge >= 0.3 is 0 Å². The zero-order chi connectivity index (χ0) is 39.6. The van der Waals surface area contributed by atoms with E-state index in [1.54, 1.807) is 0 Å². The maximum atomic E-state index is 13.3. The number of carbonyl (C=O) groups is 1. The first-order chi connectivity index (χ1) is 26.3. The lowest BCUT2D eigenvalue weighted by molar-refractivity contribution is -0.134. The normalized spacial score (nSPS) is 13.3. The predicted octanol–water partition coefficient (Wildman–Crippen LogP) is 18.2. The van der Waals surface area contributed by atoms with Crippen LogP contribution in [-0.2, 0) is 4.79 Å². The van der Waals surface area contributed by atoms with Crippen molar-refractivity contribution in [1.82, 2.24) is 0 Å². The summed E-state index contributed by atoms with van der Waals surface area (Å²) in [4.78, 5) is 13.3. The van der Waals surface area contributed by atoms with Gasteiger partial charge in [-0.1, -0.05) is 278 Å². The number of unbranched alkanes of at least 4 members (excludes halogenated alkanes) is 36. The predicted molar refractivity (Wildman–Crippen MR) is 244 cm³/mol. The molecular formula is C52H102O2. The van der Waals surface area contributed by atoms with E-state index in [2.05, 4.69) is 26.0 Å². The van der Waals surface area contributed by atoms with Crippen molar-refractivity contribution in [3.63, 3.8) is 0 Å². The molecule has 2 atom stereocenters. The summed E-state index contributed by atoms with van der Waals surface area (Å²) in [6, 6.07) is 0. The van der Waals surface area contributed by atoms with Crippen LogP contribution in [0.4, 0.5) is 0 Å². The monoisotopic (exact) mass is 759 g/mol. The SMILES string of the molecule is CCC/C=C/CCCCCCCCCCCCCCCCCCCC(O)C(CCCCCCCCCCCCCCCCCCCCC)C(=O)C(C)(C)C. The number of aliphatic hydroxyl groups is 1. The van der Waals surface area contributed by atoms with E-state index in [4.69, 9.17) is 0 Å². The molecule has 0 aromatic heterocycles. The van der Waals surface area contributed by atoms with Crippen molar-refractivity contribution in [3.05, 3.63) is 12.2 Å². The van der Waals surface area contributed by atoms with Crippen LogP contribution in [0.2, 0.25) is 0 Å². The maximum Gasteiger partial charge on any atom is 0.143 e. The molecule has 0 fully saturated rings. The third-order valence-corrected chi connectivity index (χ3v) is 12.2. The molecule has 2 nitrogen and oxygen atoms in total. The number of Topliss-reactive ketones (excluding diaryl/α,β-unsaturated/α-hetero) is 1. The molecule has 0 heterocycles. The minimum absolute atomic E-state index is 0.177. The van der Waals surface area contributed by atoms with E-state index < -0.39 is 6.10 Å². The molecular weight excluding hydrogens is 657 g/mol. The Morgan fingerprint density at radius 1 is 0.389 bits per heavy atom. The first-order valence-corrected chi connectivity index (χ1v) is 25.2. The Balaban J connectivity index is 3.73. The molecule has 0 aromatic carbocycles. The highest BCUT2D eigenvalue weighted by Gasteiger charge is 2.33. The summed E-state index contributed by atoms with van der Waals surface area (Å²) in [6.45, 7) is 10.6. The van der Waals surface area contributed by atoms with Crippen molar-refractivity contribution in [1.29, 1.82) is 0 Å². The third-order valence-electron chi connectivity index (χ3n) is 12.2. The van der Waals surface area contributed by atoms with Gasteiger partial charge in [-0.25, -0.2) is 0 Å². The fourth-order valence-corrected chi connectivity index (χ4v) is 8.37. The van der Waals surface area contributed by atoms with Crippen LogP contribution in [0.15, 0.2) is 12.2 Å². The fraction of sp³-hybridized carbons (Fsp3) is 0.942. The molecule has 0 aromatic rings. The molecule has 0 bridgehead atoms. The number of carbonyl (C=O) groups excluding carboxylic acids is 1. The zero-order valence-corrected chi connectivity index (χ0v) is 38.2. The molecule has 0 saturated carbocycles. The van der Waals surface area contributed by atoms with E-state index in [9.17, 15) is 9.90 Å². The molecule has 1 N–H and O–H groups in total. The summed E-state index contributed by atoms with van der Waals surface area (Å²) < 4.78 is 0. The summed E-state index contributed by atoms with van der Waals surface area (Å²) in [5.41, 5.74) is -0.371. The van der Waals surface area contributed by atoms with Crippen molar-refractivity contribution < 1.29 is 9.90 Å². The van der Waals surface area contributed by atoms with Gasteiger partial charge in [0.2, 0.25) is 0 Å². The summed E-state index contributed by atoms with van der Waals surface area (Å²) >= 11 is 0. The molecule has 0 radical (unpaired) electrons. The van der Waals surface area contributed by atoms with E-state index in [1.807, 2.05) is 20.8 Å². The topological polar surface area (TPSA) is 37.3 Å². The maximum absolute atomic E-state index is 13.3. The molecule has 2 heteroatoms. The first kappa shape index (κ1) is 53.4. The van der Waals surface area contributed by atoms with Crippen LogP contribution in [0.3, 0.4) is 0 Å². The van der Waals surface area contributed by atoms with Crippen molar-refractivity contribution in [2.75, 3.05) is 0 Å². The average Bonchev–Trinajstić information content (AvgIpc) is 3.15. The zero-order valence-electron chi connectivity index (χ0n) is 38.2. The molecule has 0 aliphatic carbocycles. The van der Waals surface area contributed by atoms with Crippen LogP contribution in [0.1, 0.15) is 298 Å². The molecule has 0 aliphatic rings. The summed E-state index contributed by atoms with van der Waals surface area (Å²) in [5.74, 6) is 0.0952. The molecule has 0 spiro atoms.